The minimum atomic E-state index is 0.287. The summed E-state index contributed by atoms with van der Waals surface area (Å²) < 4.78 is 12.2. The first-order valence-electron chi connectivity index (χ1n) is 4.44. The van der Waals surface area contributed by atoms with Gasteiger partial charge in [0.1, 0.15) is 0 Å². The fourth-order valence-corrected chi connectivity index (χ4v) is 1.81. The molecule has 0 bridgehead atoms. The Kier molecular flexibility index (Phi) is 4.70. The molecule has 0 aromatic heterocycles. The van der Waals surface area contributed by atoms with E-state index in [1.807, 2.05) is 31.2 Å². The van der Waals surface area contributed by atoms with Crippen molar-refractivity contribution in [1.29, 1.82) is 0 Å². The van der Waals surface area contributed by atoms with Crippen molar-refractivity contribution in [2.75, 3.05) is 12.3 Å². The molecule has 14 heavy (non-hydrogen) atoms. The molecule has 0 aliphatic heterocycles. The molecule has 0 aliphatic carbocycles. The van der Waals surface area contributed by atoms with Crippen LogP contribution in [0.1, 0.15) is 5.56 Å². The third-order valence-electron chi connectivity index (χ3n) is 1.86. The van der Waals surface area contributed by atoms with Gasteiger partial charge in [0, 0.05) is 17.2 Å². The average Bonchev–Trinajstić information content (AvgIpc) is 2.22. The second-order valence-corrected chi connectivity index (χ2v) is 4.12. The largest absolute Gasteiger partial charge is 0.327 e. The number of thioether (sulfide) groups is 1. The molecule has 0 heterocycles. The lowest BCUT2D eigenvalue weighted by atomic mass is 10.2. The maximum absolute atomic E-state index is 12.2. The highest BCUT2D eigenvalue weighted by molar-refractivity contribution is 7.99. The summed E-state index contributed by atoms with van der Waals surface area (Å²) in [6.45, 7) is 2.33. The SMILES string of the molecule is Cc1ccc(SC/C(=C/F)CN)cc1. The maximum Gasteiger partial charge on any atom is 0.0880 e. The van der Waals surface area contributed by atoms with E-state index in [2.05, 4.69) is 0 Å². The first kappa shape index (κ1) is 11.3. The molecule has 2 N–H and O–H groups in total. The van der Waals surface area contributed by atoms with Crippen molar-refractivity contribution in [3.05, 3.63) is 41.7 Å². The van der Waals surface area contributed by atoms with Crippen LogP contribution in [0.3, 0.4) is 0 Å². The van der Waals surface area contributed by atoms with Gasteiger partial charge in [0.25, 0.3) is 0 Å². The van der Waals surface area contributed by atoms with Gasteiger partial charge < -0.3 is 5.73 Å². The summed E-state index contributed by atoms with van der Waals surface area (Å²) in [4.78, 5) is 1.14. The number of hydrogen-bond donors (Lipinski definition) is 1. The number of nitrogens with two attached hydrogens (primary N) is 1. The van der Waals surface area contributed by atoms with Crippen LogP contribution in [0.15, 0.2) is 41.1 Å². The van der Waals surface area contributed by atoms with Gasteiger partial charge in [-0.1, -0.05) is 17.7 Å². The van der Waals surface area contributed by atoms with Gasteiger partial charge in [-0.15, -0.1) is 11.8 Å². The van der Waals surface area contributed by atoms with Crippen molar-refractivity contribution < 1.29 is 4.39 Å². The second-order valence-electron chi connectivity index (χ2n) is 3.07. The van der Waals surface area contributed by atoms with E-state index in [1.54, 1.807) is 11.8 Å². The lowest BCUT2D eigenvalue weighted by Gasteiger charge is -2.03. The van der Waals surface area contributed by atoms with Gasteiger partial charge in [-0.2, -0.15) is 0 Å². The van der Waals surface area contributed by atoms with Gasteiger partial charge in [0.15, 0.2) is 0 Å². The van der Waals surface area contributed by atoms with E-state index in [1.165, 1.54) is 5.56 Å². The van der Waals surface area contributed by atoms with Gasteiger partial charge in [-0.25, -0.2) is 4.39 Å². The van der Waals surface area contributed by atoms with Crippen molar-refractivity contribution >= 4 is 11.8 Å². The summed E-state index contributed by atoms with van der Waals surface area (Å²) in [6.07, 6.45) is 0.598. The molecule has 0 saturated carbocycles. The smallest absolute Gasteiger partial charge is 0.0880 e. The highest BCUT2D eigenvalue weighted by Crippen LogP contribution is 2.20. The van der Waals surface area contributed by atoms with E-state index in [0.29, 0.717) is 17.7 Å². The normalized spacial score (nSPS) is 11.8. The molecule has 0 unspecified atom stereocenters. The Hall–Kier alpha value is -0.800. The fraction of sp³-hybridized carbons (Fsp3) is 0.273. The summed E-state index contributed by atoms with van der Waals surface area (Å²) in [7, 11) is 0. The molecule has 76 valence electrons. The Morgan fingerprint density at radius 1 is 1.43 bits per heavy atom. The minimum absolute atomic E-state index is 0.287. The van der Waals surface area contributed by atoms with Crippen LogP contribution >= 0.6 is 11.8 Å². The highest BCUT2D eigenvalue weighted by Gasteiger charge is 1.97. The van der Waals surface area contributed by atoms with Crippen LogP contribution in [0, 0.1) is 6.92 Å². The molecule has 0 fully saturated rings. The van der Waals surface area contributed by atoms with E-state index >= 15 is 0 Å². The molecule has 0 spiro atoms. The molecule has 1 nitrogen and oxygen atoms in total. The first-order valence-corrected chi connectivity index (χ1v) is 5.42. The predicted octanol–water partition coefficient (Wildman–Crippen LogP) is 2.90. The van der Waals surface area contributed by atoms with Gasteiger partial charge in [0.2, 0.25) is 0 Å². The van der Waals surface area contributed by atoms with Crippen LogP contribution < -0.4 is 5.73 Å². The maximum atomic E-state index is 12.2. The minimum Gasteiger partial charge on any atom is -0.327 e. The average molecular weight is 211 g/mol. The summed E-state index contributed by atoms with van der Waals surface area (Å²) in [5, 5.41) is 0. The quantitative estimate of drug-likeness (QED) is 0.775. The number of aryl methyl sites for hydroxylation is 1. The van der Waals surface area contributed by atoms with Crippen molar-refractivity contribution in [3.8, 4) is 0 Å². The molecular weight excluding hydrogens is 197 g/mol. The van der Waals surface area contributed by atoms with Gasteiger partial charge in [0.05, 0.1) is 6.33 Å². The Morgan fingerprint density at radius 3 is 2.57 bits per heavy atom. The van der Waals surface area contributed by atoms with Crippen molar-refractivity contribution in [1.82, 2.24) is 0 Å². The standard InChI is InChI=1S/C11H14FNS/c1-9-2-4-11(5-3-9)14-8-10(6-12)7-13/h2-6H,7-8,13H2,1H3/b10-6+. The fourth-order valence-electron chi connectivity index (χ4n) is 0.945. The first-order chi connectivity index (χ1) is 6.76. The molecule has 0 atom stereocenters. The van der Waals surface area contributed by atoms with Crippen molar-refractivity contribution in [2.45, 2.75) is 11.8 Å². The lowest BCUT2D eigenvalue weighted by molar-refractivity contribution is 0.706. The van der Waals surface area contributed by atoms with Crippen LogP contribution in [0.5, 0.6) is 0 Å². The summed E-state index contributed by atoms with van der Waals surface area (Å²) in [5.41, 5.74) is 7.22. The van der Waals surface area contributed by atoms with Crippen LogP contribution in [0.25, 0.3) is 0 Å². The third kappa shape index (κ3) is 3.52. The molecule has 1 aromatic carbocycles. The van der Waals surface area contributed by atoms with E-state index in [-0.39, 0.29) is 6.54 Å². The van der Waals surface area contributed by atoms with Crippen molar-refractivity contribution in [3.63, 3.8) is 0 Å². The molecule has 1 rings (SSSR count). The zero-order valence-electron chi connectivity index (χ0n) is 8.16. The van der Waals surface area contributed by atoms with Crippen LogP contribution in [-0.2, 0) is 0 Å². The second kappa shape index (κ2) is 5.83. The zero-order valence-corrected chi connectivity index (χ0v) is 8.98. The van der Waals surface area contributed by atoms with Gasteiger partial charge >= 0.3 is 0 Å². The molecular formula is C11H14FNS. The van der Waals surface area contributed by atoms with Crippen LogP contribution in [0.4, 0.5) is 4.39 Å². The van der Waals surface area contributed by atoms with Gasteiger partial charge in [-0.05, 0) is 24.6 Å². The summed E-state index contributed by atoms with van der Waals surface area (Å²) in [6, 6.07) is 8.16. The highest BCUT2D eigenvalue weighted by atomic mass is 32.2. The van der Waals surface area contributed by atoms with Gasteiger partial charge in [-0.3, -0.25) is 0 Å². The molecule has 0 radical (unpaired) electrons. The number of rotatable bonds is 4. The topological polar surface area (TPSA) is 26.0 Å². The predicted molar refractivity (Wildman–Crippen MR) is 60.1 cm³/mol. The van der Waals surface area contributed by atoms with E-state index < -0.39 is 0 Å². The Morgan fingerprint density at radius 2 is 2.07 bits per heavy atom. The van der Waals surface area contributed by atoms with Crippen LogP contribution in [0.2, 0.25) is 0 Å². The molecule has 0 aliphatic rings. The monoisotopic (exact) mass is 211 g/mol. The number of halogens is 1. The molecule has 0 saturated heterocycles. The van der Waals surface area contributed by atoms with Crippen LogP contribution in [-0.4, -0.2) is 12.3 Å². The van der Waals surface area contributed by atoms with E-state index in [9.17, 15) is 4.39 Å². The number of hydrogen-bond acceptors (Lipinski definition) is 2. The third-order valence-corrected chi connectivity index (χ3v) is 2.98. The summed E-state index contributed by atoms with van der Waals surface area (Å²) >= 11 is 1.60. The van der Waals surface area contributed by atoms with E-state index in [4.69, 9.17) is 5.73 Å². The lowest BCUT2D eigenvalue weighted by Crippen LogP contribution is -2.04. The Bertz CT molecular complexity index is 306. The number of benzene rings is 1. The van der Waals surface area contributed by atoms with Crippen molar-refractivity contribution in [2.24, 2.45) is 5.73 Å². The Labute approximate surface area is 88.2 Å². The summed E-state index contributed by atoms with van der Waals surface area (Å²) in [5.74, 6) is 0.621. The molecule has 0 amide bonds. The zero-order chi connectivity index (χ0) is 10.4. The molecule has 3 heteroatoms. The van der Waals surface area contributed by atoms with E-state index in [0.717, 1.165) is 4.90 Å². The Balaban J connectivity index is 2.49. The molecule has 1 aromatic rings.